The number of allylic oxidation sites excluding steroid dienone is 1. The molecule has 0 bridgehead atoms. The number of hydrogen-bond donors (Lipinski definition) is 4. The Balaban J connectivity index is 3.86. The van der Waals surface area contributed by atoms with E-state index >= 15 is 0 Å². The molecule has 0 spiro atoms. The first-order valence-corrected chi connectivity index (χ1v) is 13.5. The Morgan fingerprint density at radius 2 is 1.31 bits per heavy atom. The number of aliphatic hydroxyl groups excluding tert-OH is 3. The van der Waals surface area contributed by atoms with Crippen LogP contribution in [-0.4, -0.2) is 46.1 Å². The second kappa shape index (κ2) is 23.3. The second-order valence-corrected chi connectivity index (χ2v) is 9.31. The molecule has 0 saturated carbocycles. The highest BCUT2D eigenvalue weighted by atomic mass is 16.3. The van der Waals surface area contributed by atoms with Crippen LogP contribution in [0, 0.1) is 0 Å². The van der Waals surface area contributed by atoms with E-state index in [-0.39, 0.29) is 18.9 Å². The fourth-order valence-electron chi connectivity index (χ4n) is 3.93. The van der Waals surface area contributed by atoms with E-state index in [4.69, 9.17) is 0 Å². The van der Waals surface area contributed by atoms with Gasteiger partial charge < -0.3 is 20.6 Å². The van der Waals surface area contributed by atoms with Crippen LogP contribution in [0.4, 0.5) is 0 Å². The lowest BCUT2D eigenvalue weighted by molar-refractivity contribution is -0.125. The topological polar surface area (TPSA) is 89.8 Å². The Kier molecular flexibility index (Phi) is 22.6. The van der Waals surface area contributed by atoms with Gasteiger partial charge in [0.1, 0.15) is 0 Å². The molecule has 3 atom stereocenters. The van der Waals surface area contributed by atoms with Gasteiger partial charge in [-0.05, 0) is 25.7 Å². The molecule has 3 unspecified atom stereocenters. The average Bonchev–Trinajstić information content (AvgIpc) is 2.77. The third-order valence-corrected chi connectivity index (χ3v) is 6.08. The van der Waals surface area contributed by atoms with Gasteiger partial charge in [0, 0.05) is 0 Å². The van der Waals surface area contributed by atoms with Gasteiger partial charge in [0.05, 0.1) is 31.3 Å². The highest BCUT2D eigenvalue weighted by Gasteiger charge is 2.21. The van der Waals surface area contributed by atoms with Gasteiger partial charge >= 0.3 is 0 Å². The van der Waals surface area contributed by atoms with Gasteiger partial charge in [-0.1, -0.05) is 109 Å². The molecule has 0 aliphatic carbocycles. The Hall–Kier alpha value is -0.910. The van der Waals surface area contributed by atoms with Gasteiger partial charge in [-0.3, -0.25) is 4.79 Å². The average molecular weight is 456 g/mol. The fraction of sp³-hybridized carbons (Fsp3) is 0.889. The number of aliphatic hydroxyl groups is 3. The molecule has 1 amide bonds. The van der Waals surface area contributed by atoms with Crippen LogP contribution < -0.4 is 5.32 Å². The minimum Gasteiger partial charge on any atom is -0.394 e. The largest absolute Gasteiger partial charge is 0.394 e. The molecule has 0 aromatic heterocycles. The summed E-state index contributed by atoms with van der Waals surface area (Å²) in [4.78, 5) is 12.2. The van der Waals surface area contributed by atoms with Crippen LogP contribution in [0.25, 0.3) is 0 Å². The molecule has 4 N–H and O–H groups in total. The number of hydrogen-bond acceptors (Lipinski definition) is 4. The molecule has 0 aliphatic heterocycles. The van der Waals surface area contributed by atoms with E-state index in [1.165, 1.54) is 70.6 Å². The third-order valence-electron chi connectivity index (χ3n) is 6.08. The minimum atomic E-state index is -0.752. The predicted octanol–water partition coefficient (Wildman–Crippen LogP) is 5.80. The lowest BCUT2D eigenvalue weighted by Gasteiger charge is -2.23. The van der Waals surface area contributed by atoms with Gasteiger partial charge in [0.15, 0.2) is 0 Å². The molecular formula is C27H53NO4. The quantitative estimate of drug-likeness (QED) is 0.116. The third kappa shape index (κ3) is 19.8. The van der Waals surface area contributed by atoms with Crippen LogP contribution in [0.15, 0.2) is 12.2 Å². The van der Waals surface area contributed by atoms with Crippen molar-refractivity contribution in [3.8, 4) is 0 Å². The second-order valence-electron chi connectivity index (χ2n) is 9.31. The number of rotatable bonds is 23. The molecule has 0 aromatic rings. The molecule has 5 nitrogen and oxygen atoms in total. The van der Waals surface area contributed by atoms with Crippen LogP contribution in [0.3, 0.4) is 0 Å². The Morgan fingerprint density at radius 3 is 1.88 bits per heavy atom. The molecule has 0 aromatic carbocycles. The minimum absolute atomic E-state index is 0.0123. The standard InChI is InChI=1S/C27H53NO4/c1-3-5-7-9-11-12-13-15-17-19-21-26(31)25(23-29)28-27(32)22-24(30)20-18-16-14-10-8-6-4-2/h16,18,24-26,29-31H,3-15,17,19-23H2,1-2H3,(H,28,32)/b18-16-. The zero-order valence-corrected chi connectivity index (χ0v) is 21.1. The van der Waals surface area contributed by atoms with Crippen molar-refractivity contribution in [2.24, 2.45) is 0 Å². The Morgan fingerprint density at radius 1 is 0.781 bits per heavy atom. The summed E-state index contributed by atoms with van der Waals surface area (Å²) in [6, 6.07) is -0.664. The number of amides is 1. The van der Waals surface area contributed by atoms with Crippen LogP contribution >= 0.6 is 0 Å². The van der Waals surface area contributed by atoms with E-state index in [2.05, 4.69) is 25.2 Å². The zero-order chi connectivity index (χ0) is 23.9. The molecule has 0 saturated heterocycles. The monoisotopic (exact) mass is 455 g/mol. The first-order valence-electron chi connectivity index (χ1n) is 13.5. The molecule has 0 aliphatic rings. The number of unbranched alkanes of at least 4 members (excludes halogenated alkanes) is 13. The van der Waals surface area contributed by atoms with E-state index in [0.29, 0.717) is 12.8 Å². The smallest absolute Gasteiger partial charge is 0.222 e. The molecular weight excluding hydrogens is 402 g/mol. The number of carbonyl (C=O) groups excluding carboxylic acids is 1. The van der Waals surface area contributed by atoms with Gasteiger partial charge in [-0.2, -0.15) is 0 Å². The highest BCUT2D eigenvalue weighted by molar-refractivity contribution is 5.76. The molecule has 0 fully saturated rings. The molecule has 5 heteroatoms. The molecule has 0 radical (unpaired) electrons. The predicted molar refractivity (Wildman–Crippen MR) is 135 cm³/mol. The van der Waals surface area contributed by atoms with Crippen molar-refractivity contribution in [3.63, 3.8) is 0 Å². The van der Waals surface area contributed by atoms with Gasteiger partial charge in [-0.15, -0.1) is 0 Å². The van der Waals surface area contributed by atoms with Gasteiger partial charge in [0.25, 0.3) is 0 Å². The SMILES string of the molecule is CCCCCC/C=C\CC(O)CC(=O)NC(CO)C(O)CCCCCCCCCCCC. The van der Waals surface area contributed by atoms with E-state index < -0.39 is 18.2 Å². The molecule has 32 heavy (non-hydrogen) atoms. The summed E-state index contributed by atoms with van der Waals surface area (Å²) in [5, 5.41) is 32.6. The van der Waals surface area contributed by atoms with Crippen molar-refractivity contribution in [3.05, 3.63) is 12.2 Å². The molecule has 190 valence electrons. The summed E-state index contributed by atoms with van der Waals surface area (Å²) in [5.41, 5.74) is 0. The molecule has 0 rings (SSSR count). The maximum Gasteiger partial charge on any atom is 0.222 e. The van der Waals surface area contributed by atoms with Gasteiger partial charge in [-0.25, -0.2) is 0 Å². The Bertz CT molecular complexity index is 441. The van der Waals surface area contributed by atoms with Crippen molar-refractivity contribution in [1.29, 1.82) is 0 Å². The normalized spacial score (nSPS) is 14.5. The summed E-state index contributed by atoms with van der Waals surface area (Å²) in [5.74, 6) is -0.324. The van der Waals surface area contributed by atoms with E-state index in [1.54, 1.807) is 0 Å². The summed E-state index contributed by atoms with van der Waals surface area (Å²) < 4.78 is 0. The number of carbonyl (C=O) groups is 1. The molecule has 0 heterocycles. The summed E-state index contributed by atoms with van der Waals surface area (Å²) in [6.07, 6.45) is 21.7. The van der Waals surface area contributed by atoms with Crippen LogP contribution in [0.2, 0.25) is 0 Å². The lowest BCUT2D eigenvalue weighted by Crippen LogP contribution is -2.46. The summed E-state index contributed by atoms with van der Waals surface area (Å²) in [6.45, 7) is 4.13. The summed E-state index contributed by atoms with van der Waals surface area (Å²) in [7, 11) is 0. The van der Waals surface area contributed by atoms with Gasteiger partial charge in [0.2, 0.25) is 5.91 Å². The van der Waals surface area contributed by atoms with Crippen LogP contribution in [0.1, 0.15) is 129 Å². The Labute approximate surface area is 198 Å². The first kappa shape index (κ1) is 31.1. The first-order chi connectivity index (χ1) is 15.5. The lowest BCUT2D eigenvalue weighted by atomic mass is 10.0. The van der Waals surface area contributed by atoms with Crippen molar-refractivity contribution in [2.45, 2.75) is 148 Å². The van der Waals surface area contributed by atoms with Crippen LogP contribution in [0.5, 0.6) is 0 Å². The van der Waals surface area contributed by atoms with Crippen molar-refractivity contribution < 1.29 is 20.1 Å². The van der Waals surface area contributed by atoms with E-state index in [1.807, 2.05) is 6.08 Å². The maximum atomic E-state index is 12.2. The van der Waals surface area contributed by atoms with Crippen molar-refractivity contribution in [1.82, 2.24) is 5.32 Å². The van der Waals surface area contributed by atoms with E-state index in [9.17, 15) is 20.1 Å². The highest BCUT2D eigenvalue weighted by Crippen LogP contribution is 2.13. The number of nitrogens with one attached hydrogen (secondary N) is 1. The maximum absolute atomic E-state index is 12.2. The fourth-order valence-corrected chi connectivity index (χ4v) is 3.93. The van der Waals surface area contributed by atoms with Crippen molar-refractivity contribution >= 4 is 5.91 Å². The summed E-state index contributed by atoms with van der Waals surface area (Å²) >= 11 is 0. The van der Waals surface area contributed by atoms with Crippen LogP contribution in [-0.2, 0) is 4.79 Å². The zero-order valence-electron chi connectivity index (χ0n) is 21.1. The van der Waals surface area contributed by atoms with Crippen molar-refractivity contribution in [2.75, 3.05) is 6.61 Å². The van der Waals surface area contributed by atoms with E-state index in [0.717, 1.165) is 25.7 Å².